The van der Waals surface area contributed by atoms with E-state index in [9.17, 15) is 5.11 Å². The van der Waals surface area contributed by atoms with Crippen molar-refractivity contribution in [1.82, 2.24) is 0 Å². The average Bonchev–Trinajstić information content (AvgIpc) is 2.29. The third-order valence-corrected chi connectivity index (χ3v) is 3.62. The molecule has 0 aliphatic carbocycles. The van der Waals surface area contributed by atoms with Gasteiger partial charge >= 0.3 is 0 Å². The van der Waals surface area contributed by atoms with E-state index < -0.39 is 5.60 Å². The summed E-state index contributed by atoms with van der Waals surface area (Å²) in [6, 6.07) is 8.52. The van der Waals surface area contributed by atoms with Gasteiger partial charge in [0.15, 0.2) is 0 Å². The normalized spacial score (nSPS) is 21.3. The number of hydrogen-bond donors (Lipinski definition) is 2. The average molecular weight is 234 g/mol. The molecule has 0 saturated carbocycles. The first-order valence-corrected chi connectivity index (χ1v) is 6.31. The lowest BCUT2D eigenvalue weighted by atomic mass is 9.93. The maximum absolute atomic E-state index is 9.91. The molecule has 94 valence electrons. The molecule has 0 aromatic heterocycles. The Morgan fingerprint density at radius 1 is 1.24 bits per heavy atom. The molecule has 0 amide bonds. The highest BCUT2D eigenvalue weighted by Gasteiger charge is 2.27. The summed E-state index contributed by atoms with van der Waals surface area (Å²) >= 11 is 0. The molecule has 0 radical (unpaired) electrons. The summed E-state index contributed by atoms with van der Waals surface area (Å²) in [5, 5.41) is 9.91. The number of benzene rings is 1. The molecule has 1 aromatic rings. The van der Waals surface area contributed by atoms with Gasteiger partial charge in [-0.1, -0.05) is 12.1 Å². The Morgan fingerprint density at radius 2 is 1.76 bits per heavy atom. The number of hydrogen-bond acceptors (Lipinski definition) is 3. The molecule has 1 atom stereocenters. The largest absolute Gasteiger partial charge is 0.390 e. The van der Waals surface area contributed by atoms with Gasteiger partial charge in [0.1, 0.15) is 0 Å². The zero-order valence-corrected chi connectivity index (χ0v) is 10.7. The van der Waals surface area contributed by atoms with Crippen LogP contribution < -0.4 is 10.6 Å². The molecule has 17 heavy (non-hydrogen) atoms. The molecule has 1 fully saturated rings. The molecule has 0 bridgehead atoms. The zero-order valence-electron chi connectivity index (χ0n) is 10.7. The van der Waals surface area contributed by atoms with E-state index in [0.717, 1.165) is 31.5 Å². The lowest BCUT2D eigenvalue weighted by molar-refractivity contribution is 0.0351. The molecule has 3 nitrogen and oxygen atoms in total. The second-order valence-corrected chi connectivity index (χ2v) is 5.36. The SMILES string of the molecule is C[C@H](N)c1ccc(N2CCC(C)(O)CC2)cc1. The Morgan fingerprint density at radius 3 is 2.24 bits per heavy atom. The van der Waals surface area contributed by atoms with Crippen LogP contribution in [-0.2, 0) is 0 Å². The maximum Gasteiger partial charge on any atom is 0.0653 e. The highest BCUT2D eigenvalue weighted by molar-refractivity contribution is 5.48. The molecule has 1 aromatic carbocycles. The van der Waals surface area contributed by atoms with Crippen LogP contribution in [0, 0.1) is 0 Å². The third kappa shape index (κ3) is 2.99. The number of aliphatic hydroxyl groups is 1. The third-order valence-electron chi connectivity index (χ3n) is 3.62. The minimum Gasteiger partial charge on any atom is -0.390 e. The number of nitrogens with two attached hydrogens (primary N) is 1. The maximum atomic E-state index is 9.91. The molecule has 0 unspecified atom stereocenters. The van der Waals surface area contributed by atoms with Crippen LogP contribution in [-0.4, -0.2) is 23.8 Å². The molecule has 2 rings (SSSR count). The molecule has 1 heterocycles. The Hall–Kier alpha value is -1.06. The lowest BCUT2D eigenvalue weighted by Gasteiger charge is -2.37. The minimum absolute atomic E-state index is 0.0890. The summed E-state index contributed by atoms with van der Waals surface area (Å²) in [5.41, 5.74) is 7.74. The van der Waals surface area contributed by atoms with Crippen LogP contribution in [0.5, 0.6) is 0 Å². The van der Waals surface area contributed by atoms with Crippen molar-refractivity contribution in [2.45, 2.75) is 38.3 Å². The van der Waals surface area contributed by atoms with Crippen molar-refractivity contribution < 1.29 is 5.11 Å². The van der Waals surface area contributed by atoms with Crippen molar-refractivity contribution in [2.75, 3.05) is 18.0 Å². The standard InChI is InChI=1S/C14H22N2O/c1-11(15)12-3-5-13(6-4-12)16-9-7-14(2,17)8-10-16/h3-6,11,17H,7-10,15H2,1-2H3/t11-/m0/s1. The van der Waals surface area contributed by atoms with Crippen molar-refractivity contribution in [3.8, 4) is 0 Å². The van der Waals surface area contributed by atoms with Gasteiger partial charge in [0.2, 0.25) is 0 Å². The number of anilines is 1. The van der Waals surface area contributed by atoms with Crippen LogP contribution in [0.1, 0.15) is 38.3 Å². The highest BCUT2D eigenvalue weighted by atomic mass is 16.3. The van der Waals surface area contributed by atoms with Gasteiger partial charge in [-0.15, -0.1) is 0 Å². The second kappa shape index (κ2) is 4.67. The first-order chi connectivity index (χ1) is 7.98. The van der Waals surface area contributed by atoms with Crippen LogP contribution in [0.15, 0.2) is 24.3 Å². The minimum atomic E-state index is -0.484. The van der Waals surface area contributed by atoms with Gasteiger partial charge in [-0.05, 0) is 44.4 Å². The fourth-order valence-electron chi connectivity index (χ4n) is 2.24. The summed E-state index contributed by atoms with van der Waals surface area (Å²) in [5.74, 6) is 0. The van der Waals surface area contributed by atoms with Crippen molar-refractivity contribution in [3.63, 3.8) is 0 Å². The fraction of sp³-hybridized carbons (Fsp3) is 0.571. The summed E-state index contributed by atoms with van der Waals surface area (Å²) in [6.07, 6.45) is 1.67. The predicted molar refractivity (Wildman–Crippen MR) is 71.1 cm³/mol. The fourth-order valence-corrected chi connectivity index (χ4v) is 2.24. The van der Waals surface area contributed by atoms with E-state index in [4.69, 9.17) is 5.73 Å². The number of rotatable bonds is 2. The predicted octanol–water partition coefficient (Wildman–Crippen LogP) is 2.06. The van der Waals surface area contributed by atoms with E-state index in [1.54, 1.807) is 0 Å². The van der Waals surface area contributed by atoms with Gasteiger partial charge in [-0.3, -0.25) is 0 Å². The van der Waals surface area contributed by atoms with Crippen molar-refractivity contribution >= 4 is 5.69 Å². The van der Waals surface area contributed by atoms with Gasteiger partial charge in [0.05, 0.1) is 5.60 Å². The lowest BCUT2D eigenvalue weighted by Crippen LogP contribution is -2.42. The first kappa shape index (κ1) is 12.4. The van der Waals surface area contributed by atoms with Gasteiger partial charge in [0.25, 0.3) is 0 Å². The molecular weight excluding hydrogens is 212 g/mol. The van der Waals surface area contributed by atoms with Crippen LogP contribution in [0.3, 0.4) is 0 Å². The topological polar surface area (TPSA) is 49.5 Å². The molecular formula is C14H22N2O. The molecule has 1 aliphatic rings. The number of nitrogens with zero attached hydrogens (tertiary/aromatic N) is 1. The second-order valence-electron chi connectivity index (χ2n) is 5.36. The van der Waals surface area contributed by atoms with Crippen LogP contribution >= 0.6 is 0 Å². The summed E-state index contributed by atoms with van der Waals surface area (Å²) in [6.45, 7) is 5.76. The summed E-state index contributed by atoms with van der Waals surface area (Å²) in [4.78, 5) is 2.32. The van der Waals surface area contributed by atoms with E-state index >= 15 is 0 Å². The van der Waals surface area contributed by atoms with E-state index in [-0.39, 0.29) is 6.04 Å². The van der Waals surface area contributed by atoms with Crippen molar-refractivity contribution in [2.24, 2.45) is 5.73 Å². The van der Waals surface area contributed by atoms with Crippen LogP contribution in [0.25, 0.3) is 0 Å². The monoisotopic (exact) mass is 234 g/mol. The Bertz CT molecular complexity index is 360. The van der Waals surface area contributed by atoms with Crippen LogP contribution in [0.2, 0.25) is 0 Å². The Balaban J connectivity index is 2.04. The van der Waals surface area contributed by atoms with Crippen molar-refractivity contribution in [1.29, 1.82) is 0 Å². The van der Waals surface area contributed by atoms with E-state index in [2.05, 4.69) is 29.2 Å². The van der Waals surface area contributed by atoms with Gasteiger partial charge in [-0.2, -0.15) is 0 Å². The molecule has 3 heteroatoms. The molecule has 1 saturated heterocycles. The van der Waals surface area contributed by atoms with E-state index in [0.29, 0.717) is 0 Å². The molecule has 1 aliphatic heterocycles. The Labute approximate surface area is 103 Å². The zero-order chi connectivity index (χ0) is 12.5. The molecule has 3 N–H and O–H groups in total. The molecule has 0 spiro atoms. The summed E-state index contributed by atoms with van der Waals surface area (Å²) in [7, 11) is 0. The quantitative estimate of drug-likeness (QED) is 0.823. The van der Waals surface area contributed by atoms with E-state index in [1.165, 1.54) is 5.69 Å². The van der Waals surface area contributed by atoms with Gasteiger partial charge in [0, 0.05) is 24.8 Å². The Kier molecular flexibility index (Phi) is 3.40. The van der Waals surface area contributed by atoms with Crippen molar-refractivity contribution in [3.05, 3.63) is 29.8 Å². The van der Waals surface area contributed by atoms with Gasteiger partial charge in [-0.25, -0.2) is 0 Å². The smallest absolute Gasteiger partial charge is 0.0653 e. The van der Waals surface area contributed by atoms with Crippen LogP contribution in [0.4, 0.5) is 5.69 Å². The van der Waals surface area contributed by atoms with Gasteiger partial charge < -0.3 is 15.7 Å². The summed E-state index contributed by atoms with van der Waals surface area (Å²) < 4.78 is 0. The number of piperidine rings is 1. The first-order valence-electron chi connectivity index (χ1n) is 6.31. The highest BCUT2D eigenvalue weighted by Crippen LogP contribution is 2.26. The van der Waals surface area contributed by atoms with E-state index in [1.807, 2.05) is 13.8 Å².